The van der Waals surface area contributed by atoms with Gasteiger partial charge in [-0.1, -0.05) is 22.0 Å². The van der Waals surface area contributed by atoms with E-state index >= 15 is 0 Å². The highest BCUT2D eigenvalue weighted by Gasteiger charge is 2.10. The SMILES string of the molecule is CCOC(=O)c1ccc(CC(C)=O)c(CBr)c1. The number of benzene rings is 1. The van der Waals surface area contributed by atoms with Gasteiger partial charge in [-0.05, 0) is 37.1 Å². The van der Waals surface area contributed by atoms with Gasteiger partial charge in [0.15, 0.2) is 0 Å². The summed E-state index contributed by atoms with van der Waals surface area (Å²) in [4.78, 5) is 22.6. The fraction of sp³-hybridized carbons (Fsp3) is 0.385. The van der Waals surface area contributed by atoms with Crippen molar-refractivity contribution in [2.24, 2.45) is 0 Å². The first kappa shape index (κ1) is 13.9. The quantitative estimate of drug-likeness (QED) is 0.620. The number of esters is 1. The number of hydrogen-bond donors (Lipinski definition) is 0. The Morgan fingerprint density at radius 3 is 2.53 bits per heavy atom. The van der Waals surface area contributed by atoms with Crippen molar-refractivity contribution in [3.8, 4) is 0 Å². The molecule has 3 nitrogen and oxygen atoms in total. The van der Waals surface area contributed by atoms with Gasteiger partial charge in [0, 0.05) is 11.8 Å². The Bertz CT molecular complexity index is 427. The number of alkyl halides is 1. The van der Waals surface area contributed by atoms with E-state index in [1.54, 1.807) is 26.0 Å². The summed E-state index contributed by atoms with van der Waals surface area (Å²) in [5.74, 6) is -0.222. The Hall–Kier alpha value is -1.16. The van der Waals surface area contributed by atoms with Crippen LogP contribution in [0, 0.1) is 0 Å². The monoisotopic (exact) mass is 298 g/mol. The van der Waals surface area contributed by atoms with Crippen molar-refractivity contribution < 1.29 is 14.3 Å². The molecule has 0 fully saturated rings. The molecule has 0 unspecified atom stereocenters. The van der Waals surface area contributed by atoms with Crippen LogP contribution < -0.4 is 0 Å². The molecule has 4 heteroatoms. The highest BCUT2D eigenvalue weighted by molar-refractivity contribution is 9.08. The molecule has 1 aromatic rings. The average molecular weight is 299 g/mol. The van der Waals surface area contributed by atoms with Crippen LogP contribution in [0.4, 0.5) is 0 Å². The van der Waals surface area contributed by atoms with Crippen LogP contribution in [-0.4, -0.2) is 18.4 Å². The van der Waals surface area contributed by atoms with Crippen molar-refractivity contribution in [3.05, 3.63) is 34.9 Å². The summed E-state index contributed by atoms with van der Waals surface area (Å²) in [5.41, 5.74) is 2.42. The fourth-order valence-corrected chi connectivity index (χ4v) is 2.05. The third-order valence-corrected chi connectivity index (χ3v) is 2.90. The summed E-state index contributed by atoms with van der Waals surface area (Å²) in [6.07, 6.45) is 0.393. The molecule has 0 aliphatic rings. The molecule has 0 atom stereocenters. The smallest absolute Gasteiger partial charge is 0.338 e. The molecule has 0 saturated heterocycles. The van der Waals surface area contributed by atoms with Crippen LogP contribution in [0.5, 0.6) is 0 Å². The molecular weight excluding hydrogens is 284 g/mol. The van der Waals surface area contributed by atoms with E-state index in [2.05, 4.69) is 15.9 Å². The number of carbonyl (C=O) groups is 2. The molecule has 0 bridgehead atoms. The molecule has 1 rings (SSSR count). The van der Waals surface area contributed by atoms with Crippen LogP contribution in [0.2, 0.25) is 0 Å². The number of hydrogen-bond acceptors (Lipinski definition) is 3. The molecule has 0 N–H and O–H groups in total. The van der Waals surface area contributed by atoms with E-state index in [1.807, 2.05) is 6.07 Å². The highest BCUT2D eigenvalue weighted by atomic mass is 79.9. The second-order valence-electron chi connectivity index (χ2n) is 3.72. The molecule has 92 valence electrons. The third-order valence-electron chi connectivity index (χ3n) is 2.30. The highest BCUT2D eigenvalue weighted by Crippen LogP contribution is 2.17. The largest absolute Gasteiger partial charge is 0.462 e. The molecule has 0 aromatic heterocycles. The molecule has 0 aliphatic heterocycles. The zero-order valence-electron chi connectivity index (χ0n) is 9.96. The fourth-order valence-electron chi connectivity index (χ4n) is 1.53. The average Bonchev–Trinajstić information content (AvgIpc) is 2.29. The van der Waals surface area contributed by atoms with Gasteiger partial charge in [-0.2, -0.15) is 0 Å². The number of Topliss-reactive ketones (excluding diaryl/α,β-unsaturated/α-hetero) is 1. The number of ether oxygens (including phenoxy) is 1. The van der Waals surface area contributed by atoms with Gasteiger partial charge in [0.1, 0.15) is 5.78 Å². The van der Waals surface area contributed by atoms with E-state index in [0.717, 1.165) is 11.1 Å². The van der Waals surface area contributed by atoms with Crippen LogP contribution >= 0.6 is 15.9 Å². The Balaban J connectivity index is 2.99. The van der Waals surface area contributed by atoms with Crippen molar-refractivity contribution in [2.45, 2.75) is 25.6 Å². The van der Waals surface area contributed by atoms with Crippen molar-refractivity contribution >= 4 is 27.7 Å². The second-order valence-corrected chi connectivity index (χ2v) is 4.28. The Morgan fingerprint density at radius 1 is 1.29 bits per heavy atom. The van der Waals surface area contributed by atoms with Gasteiger partial charge >= 0.3 is 5.97 Å². The van der Waals surface area contributed by atoms with Gasteiger partial charge in [-0.15, -0.1) is 0 Å². The lowest BCUT2D eigenvalue weighted by Gasteiger charge is -2.08. The Kier molecular flexibility index (Phi) is 5.35. The molecular formula is C13H15BrO3. The lowest BCUT2D eigenvalue weighted by Crippen LogP contribution is -2.07. The van der Waals surface area contributed by atoms with Crippen LogP contribution in [-0.2, 0) is 21.3 Å². The Labute approximate surface area is 109 Å². The summed E-state index contributed by atoms with van der Waals surface area (Å²) in [6, 6.07) is 5.28. The maximum atomic E-state index is 11.5. The normalized spacial score (nSPS) is 10.1. The molecule has 0 amide bonds. The molecule has 0 heterocycles. The predicted octanol–water partition coefficient (Wildman–Crippen LogP) is 2.89. The van der Waals surface area contributed by atoms with E-state index in [9.17, 15) is 9.59 Å². The Morgan fingerprint density at radius 2 is 2.00 bits per heavy atom. The number of rotatable bonds is 5. The first-order chi connectivity index (χ1) is 8.08. The minimum Gasteiger partial charge on any atom is -0.462 e. The maximum absolute atomic E-state index is 11.5. The van der Waals surface area contributed by atoms with E-state index < -0.39 is 0 Å². The maximum Gasteiger partial charge on any atom is 0.338 e. The van der Waals surface area contributed by atoms with Crippen LogP contribution in [0.25, 0.3) is 0 Å². The predicted molar refractivity (Wildman–Crippen MR) is 69.4 cm³/mol. The van der Waals surface area contributed by atoms with Crippen molar-refractivity contribution in [1.29, 1.82) is 0 Å². The lowest BCUT2D eigenvalue weighted by atomic mass is 10.0. The minimum atomic E-state index is -0.330. The molecule has 0 spiro atoms. The van der Waals surface area contributed by atoms with Gasteiger partial charge < -0.3 is 4.74 Å². The zero-order chi connectivity index (χ0) is 12.8. The first-order valence-electron chi connectivity index (χ1n) is 5.42. The molecule has 17 heavy (non-hydrogen) atoms. The van der Waals surface area contributed by atoms with Crippen LogP contribution in [0.1, 0.15) is 35.3 Å². The molecule has 0 aliphatic carbocycles. The number of halogens is 1. The summed E-state index contributed by atoms with van der Waals surface area (Å²) in [7, 11) is 0. The lowest BCUT2D eigenvalue weighted by molar-refractivity contribution is -0.116. The van der Waals surface area contributed by atoms with E-state index in [1.165, 1.54) is 0 Å². The number of carbonyl (C=O) groups excluding carboxylic acids is 2. The number of ketones is 1. The van der Waals surface area contributed by atoms with Crippen LogP contribution in [0.15, 0.2) is 18.2 Å². The van der Waals surface area contributed by atoms with Gasteiger partial charge in [-0.3, -0.25) is 4.79 Å². The van der Waals surface area contributed by atoms with E-state index in [-0.39, 0.29) is 11.8 Å². The van der Waals surface area contributed by atoms with Gasteiger partial charge in [-0.25, -0.2) is 4.79 Å². The first-order valence-corrected chi connectivity index (χ1v) is 6.55. The summed E-state index contributed by atoms with van der Waals surface area (Å²) < 4.78 is 4.93. The minimum absolute atomic E-state index is 0.107. The standard InChI is InChI=1S/C13H15BrO3/c1-3-17-13(16)11-5-4-10(6-9(2)15)12(7-11)8-14/h4-5,7H,3,6,8H2,1-2H3. The van der Waals surface area contributed by atoms with E-state index in [4.69, 9.17) is 4.74 Å². The zero-order valence-corrected chi connectivity index (χ0v) is 11.5. The van der Waals surface area contributed by atoms with Crippen molar-refractivity contribution in [1.82, 2.24) is 0 Å². The summed E-state index contributed by atoms with van der Waals surface area (Å²) >= 11 is 3.36. The van der Waals surface area contributed by atoms with Gasteiger partial charge in [0.2, 0.25) is 0 Å². The second kappa shape index (κ2) is 6.55. The van der Waals surface area contributed by atoms with Gasteiger partial charge in [0.25, 0.3) is 0 Å². The van der Waals surface area contributed by atoms with Crippen molar-refractivity contribution in [3.63, 3.8) is 0 Å². The van der Waals surface area contributed by atoms with Crippen LogP contribution in [0.3, 0.4) is 0 Å². The van der Waals surface area contributed by atoms with E-state index in [0.29, 0.717) is 23.9 Å². The summed E-state index contributed by atoms with van der Waals surface area (Å²) in [5, 5.41) is 0.614. The third kappa shape index (κ3) is 3.97. The summed E-state index contributed by atoms with van der Waals surface area (Å²) in [6.45, 7) is 3.68. The van der Waals surface area contributed by atoms with Gasteiger partial charge in [0.05, 0.1) is 12.2 Å². The topological polar surface area (TPSA) is 43.4 Å². The molecule has 0 radical (unpaired) electrons. The molecule has 1 aromatic carbocycles. The van der Waals surface area contributed by atoms with Crippen molar-refractivity contribution in [2.75, 3.05) is 6.61 Å². The molecule has 0 saturated carbocycles.